The van der Waals surface area contributed by atoms with E-state index in [4.69, 9.17) is 9.47 Å². The van der Waals surface area contributed by atoms with Crippen LogP contribution in [0, 0.1) is 0 Å². The minimum Gasteiger partial charge on any atom is -0.497 e. The van der Waals surface area contributed by atoms with Gasteiger partial charge in [0.1, 0.15) is 23.6 Å². The standard InChI is InChI=1S/C27H22N2O10S2/c1-38-16-7-3-14(4-8-16)11-20-22(30)28(26(36)40-20)18(24(32)33)13-19(25(34)35)29-23(31)21(41-27(29)37)12-15-5-9-17(39-2)10-6-15/h3-12,18-19H,13H2,1-2H3,(H,32,33)(H,34,35)/b20-11-,21-12-. The van der Waals surface area contributed by atoms with Crippen LogP contribution >= 0.6 is 23.5 Å². The fourth-order valence-corrected chi connectivity index (χ4v) is 5.80. The molecule has 2 fully saturated rings. The average Bonchev–Trinajstić information content (AvgIpc) is 3.38. The molecule has 2 aromatic carbocycles. The lowest BCUT2D eigenvalue weighted by Gasteiger charge is -2.27. The van der Waals surface area contributed by atoms with Crippen molar-refractivity contribution in [3.05, 3.63) is 69.5 Å². The smallest absolute Gasteiger partial charge is 0.327 e. The van der Waals surface area contributed by atoms with E-state index in [2.05, 4.69) is 0 Å². The summed E-state index contributed by atoms with van der Waals surface area (Å²) in [6, 6.07) is 9.10. The lowest BCUT2D eigenvalue weighted by molar-refractivity contribution is -0.151. The monoisotopic (exact) mass is 598 g/mol. The van der Waals surface area contributed by atoms with Crippen LogP contribution in [0.4, 0.5) is 9.59 Å². The fourth-order valence-electron chi connectivity index (χ4n) is 4.04. The Hall–Kier alpha value is -4.56. The number of hydrogen-bond acceptors (Lipinski definition) is 10. The number of amides is 4. The van der Waals surface area contributed by atoms with E-state index in [1.165, 1.54) is 26.4 Å². The normalized spacial score (nSPS) is 18.8. The molecule has 14 heteroatoms. The fraction of sp³-hybridized carbons (Fsp3) is 0.185. The lowest BCUT2D eigenvalue weighted by atomic mass is 10.0. The summed E-state index contributed by atoms with van der Waals surface area (Å²) in [6.07, 6.45) is 1.86. The van der Waals surface area contributed by atoms with Crippen LogP contribution in [0.1, 0.15) is 17.5 Å². The van der Waals surface area contributed by atoms with Crippen molar-refractivity contribution in [3.8, 4) is 11.5 Å². The number of imide groups is 2. The molecular weight excluding hydrogens is 576 g/mol. The number of carbonyl (C=O) groups excluding carboxylic acids is 4. The zero-order valence-electron chi connectivity index (χ0n) is 21.5. The number of aliphatic carboxylic acids is 2. The molecule has 0 aromatic heterocycles. The van der Waals surface area contributed by atoms with Gasteiger partial charge < -0.3 is 19.7 Å². The number of nitrogens with zero attached hydrogens (tertiary/aromatic N) is 2. The van der Waals surface area contributed by atoms with E-state index < -0.39 is 52.7 Å². The summed E-state index contributed by atoms with van der Waals surface area (Å²) in [7, 11) is 2.97. The predicted octanol–water partition coefficient (Wildman–Crippen LogP) is 3.77. The molecule has 2 aliphatic rings. The van der Waals surface area contributed by atoms with Crippen molar-refractivity contribution in [2.45, 2.75) is 18.5 Å². The van der Waals surface area contributed by atoms with Crippen LogP contribution < -0.4 is 9.47 Å². The Morgan fingerprint density at radius 1 is 0.707 bits per heavy atom. The van der Waals surface area contributed by atoms with Crippen LogP contribution in [-0.2, 0) is 19.2 Å². The van der Waals surface area contributed by atoms with E-state index in [9.17, 15) is 39.0 Å². The van der Waals surface area contributed by atoms with Crippen LogP contribution in [0.15, 0.2) is 58.3 Å². The molecule has 2 atom stereocenters. The van der Waals surface area contributed by atoms with Gasteiger partial charge in [-0.3, -0.25) is 29.0 Å². The third-order valence-corrected chi connectivity index (χ3v) is 7.88. The highest BCUT2D eigenvalue weighted by molar-refractivity contribution is 8.18. The number of carboxylic acids is 2. The molecule has 2 saturated heterocycles. The SMILES string of the molecule is COc1ccc(/C=C2\SC(=O)N(C(CC(C(=O)O)N3C(=O)S/C(=C\c4ccc(OC)cc4)C3=O)C(=O)O)C2=O)cc1. The van der Waals surface area contributed by atoms with Crippen LogP contribution in [0.25, 0.3) is 12.2 Å². The second-order valence-corrected chi connectivity index (χ2v) is 10.6. The molecule has 2 unspecified atom stereocenters. The zero-order valence-corrected chi connectivity index (χ0v) is 23.1. The van der Waals surface area contributed by atoms with Crippen molar-refractivity contribution < 1.29 is 48.5 Å². The van der Waals surface area contributed by atoms with Gasteiger partial charge in [-0.2, -0.15) is 0 Å². The Kier molecular flexibility index (Phi) is 8.83. The van der Waals surface area contributed by atoms with Gasteiger partial charge in [-0.25, -0.2) is 9.59 Å². The van der Waals surface area contributed by atoms with Gasteiger partial charge in [0, 0.05) is 6.42 Å². The molecule has 2 aliphatic heterocycles. The van der Waals surface area contributed by atoms with Crippen LogP contribution in [0.2, 0.25) is 0 Å². The molecule has 12 nitrogen and oxygen atoms in total. The van der Waals surface area contributed by atoms with Crippen LogP contribution in [-0.4, -0.2) is 80.5 Å². The van der Waals surface area contributed by atoms with Crippen molar-refractivity contribution in [2.24, 2.45) is 0 Å². The first-order valence-electron chi connectivity index (χ1n) is 11.8. The summed E-state index contributed by atoms with van der Waals surface area (Å²) in [4.78, 5) is 76.9. The van der Waals surface area contributed by atoms with E-state index in [0.29, 0.717) is 55.9 Å². The van der Waals surface area contributed by atoms with E-state index >= 15 is 0 Å². The number of ether oxygens (including phenoxy) is 2. The van der Waals surface area contributed by atoms with Gasteiger partial charge >= 0.3 is 11.9 Å². The Bertz CT molecular complexity index is 1370. The average molecular weight is 599 g/mol. The largest absolute Gasteiger partial charge is 0.497 e. The van der Waals surface area contributed by atoms with E-state index in [0.717, 1.165) is 0 Å². The Morgan fingerprint density at radius 2 is 1.05 bits per heavy atom. The van der Waals surface area contributed by atoms with E-state index in [1.54, 1.807) is 48.5 Å². The first kappa shape index (κ1) is 29.4. The Morgan fingerprint density at radius 3 is 1.34 bits per heavy atom. The highest BCUT2D eigenvalue weighted by atomic mass is 32.2. The van der Waals surface area contributed by atoms with Crippen molar-refractivity contribution in [1.82, 2.24) is 9.80 Å². The van der Waals surface area contributed by atoms with Gasteiger partial charge in [0.15, 0.2) is 0 Å². The molecule has 0 spiro atoms. The molecule has 2 aromatic rings. The van der Waals surface area contributed by atoms with Gasteiger partial charge in [-0.1, -0.05) is 24.3 Å². The molecule has 0 aliphatic carbocycles. The summed E-state index contributed by atoms with van der Waals surface area (Å²) < 4.78 is 10.2. The third-order valence-electron chi connectivity index (χ3n) is 6.11. The van der Waals surface area contributed by atoms with E-state index in [1.807, 2.05) is 0 Å². The maximum atomic E-state index is 13.1. The maximum Gasteiger partial charge on any atom is 0.327 e. The zero-order chi connectivity index (χ0) is 29.8. The Balaban J connectivity index is 1.58. The molecule has 4 rings (SSSR count). The molecule has 0 radical (unpaired) electrons. The number of rotatable bonds is 10. The molecule has 212 valence electrons. The summed E-state index contributed by atoms with van der Waals surface area (Å²) in [5.74, 6) is -4.11. The van der Waals surface area contributed by atoms with Crippen LogP contribution in [0.3, 0.4) is 0 Å². The molecule has 2 N–H and O–H groups in total. The second-order valence-electron chi connectivity index (χ2n) is 8.59. The molecule has 41 heavy (non-hydrogen) atoms. The van der Waals surface area contributed by atoms with Crippen molar-refractivity contribution in [1.29, 1.82) is 0 Å². The molecule has 0 saturated carbocycles. The topological polar surface area (TPSA) is 168 Å². The number of hydrogen-bond donors (Lipinski definition) is 2. The summed E-state index contributed by atoms with van der Waals surface area (Å²) in [5.41, 5.74) is 1.07. The molecular formula is C27H22N2O10S2. The lowest BCUT2D eigenvalue weighted by Crippen LogP contribution is -2.52. The first-order chi connectivity index (χ1) is 19.5. The minimum atomic E-state index is -1.97. The van der Waals surface area contributed by atoms with Crippen molar-refractivity contribution in [2.75, 3.05) is 14.2 Å². The molecule has 2 heterocycles. The number of carbonyl (C=O) groups is 6. The third kappa shape index (κ3) is 6.28. The second kappa shape index (κ2) is 12.3. The van der Waals surface area contributed by atoms with Gasteiger partial charge in [0.05, 0.1) is 24.0 Å². The predicted molar refractivity (Wildman–Crippen MR) is 149 cm³/mol. The number of benzene rings is 2. The minimum absolute atomic E-state index is 0.0770. The van der Waals surface area contributed by atoms with Gasteiger partial charge in [-0.15, -0.1) is 0 Å². The highest BCUT2D eigenvalue weighted by Crippen LogP contribution is 2.38. The van der Waals surface area contributed by atoms with Crippen LogP contribution in [0.5, 0.6) is 11.5 Å². The van der Waals surface area contributed by atoms with Crippen molar-refractivity contribution in [3.63, 3.8) is 0 Å². The number of methoxy groups -OCH3 is 2. The highest BCUT2D eigenvalue weighted by Gasteiger charge is 2.49. The molecule has 4 amide bonds. The summed E-state index contributed by atoms with van der Waals surface area (Å²) in [5, 5.41) is 17.9. The maximum absolute atomic E-state index is 13.1. The number of thioether (sulfide) groups is 2. The number of carboxylic acid groups (broad SMARTS) is 2. The molecule has 0 bridgehead atoms. The Labute approximate surface area is 241 Å². The summed E-state index contributed by atoms with van der Waals surface area (Å²) >= 11 is 0.984. The quantitative estimate of drug-likeness (QED) is 0.381. The van der Waals surface area contributed by atoms with Crippen molar-refractivity contribution >= 4 is 69.9 Å². The first-order valence-corrected chi connectivity index (χ1v) is 13.4. The van der Waals surface area contributed by atoms with E-state index in [-0.39, 0.29) is 9.81 Å². The van der Waals surface area contributed by atoms with Gasteiger partial charge in [0.25, 0.3) is 22.3 Å². The van der Waals surface area contributed by atoms with Gasteiger partial charge in [0.2, 0.25) is 0 Å². The van der Waals surface area contributed by atoms with Gasteiger partial charge in [-0.05, 0) is 71.1 Å². The summed E-state index contributed by atoms with van der Waals surface area (Å²) in [6.45, 7) is 0.